The number of nitrogens with zero attached hydrogens (tertiary/aromatic N) is 2. The minimum absolute atomic E-state index is 0. The van der Waals surface area contributed by atoms with E-state index >= 15 is 0 Å². The molecule has 2 atom stereocenters. The molecule has 0 fully saturated rings. The summed E-state index contributed by atoms with van der Waals surface area (Å²) in [7, 11) is 0. The van der Waals surface area contributed by atoms with Crippen LogP contribution in [0, 0.1) is 0 Å². The molecule has 0 saturated heterocycles. The molecule has 0 amide bonds. The number of rotatable bonds is 3. The van der Waals surface area contributed by atoms with Gasteiger partial charge in [-0.1, -0.05) is 41.9 Å². The largest absolute Gasteiger partial charge is 0.390 e. The summed E-state index contributed by atoms with van der Waals surface area (Å²) in [6.45, 7) is 0. The molecule has 1 aliphatic rings. The molecule has 5 nitrogen and oxygen atoms in total. The van der Waals surface area contributed by atoms with Crippen molar-refractivity contribution in [3.63, 3.8) is 0 Å². The highest BCUT2D eigenvalue weighted by Gasteiger charge is 2.30. The van der Waals surface area contributed by atoms with Crippen LogP contribution in [0.3, 0.4) is 0 Å². The Morgan fingerprint density at radius 2 is 2.07 bits per heavy atom. The molecule has 0 spiro atoms. The molecular weight excluding hydrogens is 360 g/mol. The number of halogens is 1. The third kappa shape index (κ3) is 2.85. The van der Waals surface area contributed by atoms with E-state index in [0.29, 0.717) is 11.4 Å². The van der Waals surface area contributed by atoms with E-state index in [1.54, 1.807) is 6.20 Å². The first-order chi connectivity index (χ1) is 13.2. The Balaban J connectivity index is 0.00000120. The number of aromatic amines is 1. The van der Waals surface area contributed by atoms with Gasteiger partial charge in [0.1, 0.15) is 11.5 Å². The Morgan fingerprint density at radius 3 is 3.00 bits per heavy atom. The summed E-state index contributed by atoms with van der Waals surface area (Å²) >= 11 is 6.11. The van der Waals surface area contributed by atoms with E-state index in [9.17, 15) is 5.11 Å². The average Bonchev–Trinajstić information content (AvgIpc) is 3.23. The minimum Gasteiger partial charge on any atom is -0.390 e. The van der Waals surface area contributed by atoms with E-state index < -0.39 is 6.10 Å². The molecular formula is C21H21ClN4O. The Hall–Kier alpha value is -2.89. The third-order valence-electron chi connectivity index (χ3n) is 5.03. The fourth-order valence-electron chi connectivity index (χ4n) is 3.76. The van der Waals surface area contributed by atoms with Gasteiger partial charge in [0.25, 0.3) is 0 Å². The lowest BCUT2D eigenvalue weighted by Crippen LogP contribution is -2.21. The van der Waals surface area contributed by atoms with Gasteiger partial charge in [0.15, 0.2) is 0 Å². The molecule has 27 heavy (non-hydrogen) atoms. The Kier molecular flexibility index (Phi) is 3.85. The van der Waals surface area contributed by atoms with E-state index in [4.69, 9.17) is 16.6 Å². The van der Waals surface area contributed by atoms with E-state index in [1.165, 1.54) is 5.56 Å². The number of anilines is 1. The second kappa shape index (κ2) is 6.37. The van der Waals surface area contributed by atoms with Crippen LogP contribution >= 0.6 is 11.6 Å². The van der Waals surface area contributed by atoms with Crippen LogP contribution < -0.4 is 5.32 Å². The van der Waals surface area contributed by atoms with Crippen molar-refractivity contribution in [2.75, 3.05) is 5.32 Å². The highest BCUT2D eigenvalue weighted by atomic mass is 35.5. The fraction of sp³-hybridized carbons (Fsp3) is 0.143. The van der Waals surface area contributed by atoms with Crippen molar-refractivity contribution in [2.45, 2.75) is 18.6 Å². The van der Waals surface area contributed by atoms with Crippen molar-refractivity contribution < 1.29 is 7.96 Å². The van der Waals surface area contributed by atoms with Crippen molar-refractivity contribution in [1.82, 2.24) is 15.0 Å². The second-order valence-corrected chi connectivity index (χ2v) is 7.19. The molecule has 4 aromatic rings. The van der Waals surface area contributed by atoms with Gasteiger partial charge in [-0.15, -0.1) is 0 Å². The van der Waals surface area contributed by atoms with Gasteiger partial charge in [0, 0.05) is 32.6 Å². The summed E-state index contributed by atoms with van der Waals surface area (Å²) in [5.41, 5.74) is 4.83. The maximum atomic E-state index is 10.5. The SMILES string of the molecule is O[C@@H]1Cc2ccccc2[C@@H]1Nc1cccc(-c2c[nH]c3ncc(Cl)cc23)n1.[HH].[HH]. The number of aromatic nitrogens is 3. The van der Waals surface area contributed by atoms with Crippen LogP contribution in [0.15, 0.2) is 60.9 Å². The third-order valence-corrected chi connectivity index (χ3v) is 5.24. The molecule has 0 bridgehead atoms. The smallest absolute Gasteiger partial charge is 0.138 e. The van der Waals surface area contributed by atoms with Crippen molar-refractivity contribution in [3.05, 3.63) is 77.1 Å². The van der Waals surface area contributed by atoms with Crippen LogP contribution in [0.5, 0.6) is 0 Å². The first kappa shape index (κ1) is 16.3. The second-order valence-electron chi connectivity index (χ2n) is 6.75. The normalized spacial score (nSPS) is 18.6. The molecule has 5 rings (SSSR count). The van der Waals surface area contributed by atoms with Crippen LogP contribution in [0.25, 0.3) is 22.3 Å². The topological polar surface area (TPSA) is 73.8 Å². The van der Waals surface area contributed by atoms with E-state index in [0.717, 1.165) is 33.7 Å². The Morgan fingerprint density at radius 1 is 1.19 bits per heavy atom. The lowest BCUT2D eigenvalue weighted by molar-refractivity contribution is 0.165. The number of fused-ring (bicyclic) bond motifs is 2. The monoisotopic (exact) mass is 380 g/mol. The summed E-state index contributed by atoms with van der Waals surface area (Å²) in [4.78, 5) is 12.2. The van der Waals surface area contributed by atoms with E-state index in [2.05, 4.69) is 27.4 Å². The molecule has 1 aliphatic carbocycles. The van der Waals surface area contributed by atoms with Crippen molar-refractivity contribution in [3.8, 4) is 11.3 Å². The van der Waals surface area contributed by atoms with Crippen LogP contribution in [0.4, 0.5) is 5.82 Å². The van der Waals surface area contributed by atoms with Crippen LogP contribution in [-0.4, -0.2) is 26.2 Å². The maximum absolute atomic E-state index is 10.5. The van der Waals surface area contributed by atoms with Gasteiger partial charge in [0.2, 0.25) is 0 Å². The molecule has 3 N–H and O–H groups in total. The first-order valence-corrected chi connectivity index (χ1v) is 9.19. The van der Waals surface area contributed by atoms with Gasteiger partial charge >= 0.3 is 0 Å². The molecule has 1 aromatic carbocycles. The summed E-state index contributed by atoms with van der Waals surface area (Å²) in [5, 5.41) is 15.4. The zero-order valence-electron chi connectivity index (χ0n) is 14.4. The molecule has 0 saturated carbocycles. The number of hydrogen-bond donors (Lipinski definition) is 3. The number of hydrogen-bond acceptors (Lipinski definition) is 4. The lowest BCUT2D eigenvalue weighted by atomic mass is 10.1. The molecule has 0 radical (unpaired) electrons. The van der Waals surface area contributed by atoms with E-state index in [1.807, 2.05) is 42.6 Å². The van der Waals surface area contributed by atoms with Gasteiger partial charge in [-0.3, -0.25) is 0 Å². The van der Waals surface area contributed by atoms with Gasteiger partial charge in [-0.05, 0) is 29.3 Å². The number of H-pyrrole nitrogens is 1. The quantitative estimate of drug-likeness (QED) is 0.475. The number of aliphatic hydroxyl groups excluding tert-OH is 1. The van der Waals surface area contributed by atoms with Crippen molar-refractivity contribution in [1.29, 1.82) is 0 Å². The summed E-state index contributed by atoms with van der Waals surface area (Å²) in [5.74, 6) is 0.720. The number of benzene rings is 1. The zero-order valence-corrected chi connectivity index (χ0v) is 15.1. The van der Waals surface area contributed by atoms with Crippen LogP contribution in [0.2, 0.25) is 5.02 Å². The maximum Gasteiger partial charge on any atom is 0.138 e. The average molecular weight is 381 g/mol. The highest BCUT2D eigenvalue weighted by Crippen LogP contribution is 2.34. The van der Waals surface area contributed by atoms with Gasteiger partial charge < -0.3 is 15.4 Å². The summed E-state index contributed by atoms with van der Waals surface area (Å²) < 4.78 is 0. The van der Waals surface area contributed by atoms with Crippen LogP contribution in [0.1, 0.15) is 20.0 Å². The molecule has 3 heterocycles. The van der Waals surface area contributed by atoms with Gasteiger partial charge in [-0.25, -0.2) is 9.97 Å². The van der Waals surface area contributed by atoms with Crippen LogP contribution in [-0.2, 0) is 6.42 Å². The lowest BCUT2D eigenvalue weighted by Gasteiger charge is -2.19. The summed E-state index contributed by atoms with van der Waals surface area (Å²) in [6.07, 6.45) is 3.69. The predicted molar refractivity (Wildman–Crippen MR) is 111 cm³/mol. The first-order valence-electron chi connectivity index (χ1n) is 8.81. The molecule has 0 unspecified atom stereocenters. The van der Waals surface area contributed by atoms with Crippen molar-refractivity contribution >= 4 is 28.5 Å². The number of nitrogens with one attached hydrogen (secondary N) is 2. The fourth-order valence-corrected chi connectivity index (χ4v) is 3.92. The van der Waals surface area contributed by atoms with Gasteiger partial charge in [0.05, 0.1) is 22.9 Å². The van der Waals surface area contributed by atoms with Gasteiger partial charge in [-0.2, -0.15) is 0 Å². The molecule has 6 heteroatoms. The predicted octanol–water partition coefficient (Wildman–Crippen LogP) is 4.84. The summed E-state index contributed by atoms with van der Waals surface area (Å²) in [6, 6.07) is 15.7. The zero-order chi connectivity index (χ0) is 18.4. The molecule has 3 aromatic heterocycles. The Bertz CT molecular complexity index is 1150. The number of pyridine rings is 2. The molecule has 138 valence electrons. The molecule has 0 aliphatic heterocycles. The number of aliphatic hydroxyl groups is 1. The highest BCUT2D eigenvalue weighted by molar-refractivity contribution is 6.31. The standard InChI is InChI=1S/C21H17ClN4O.2H2/c22-13-9-15-16(11-24-21(15)23-10-13)17-6-3-7-19(25-17)26-20-14-5-2-1-4-12(14)8-18(20)27;;/h1-7,9-11,18,20,27H,8H2,(H,23,24)(H,25,26);2*1H/t18-,20+;;/m1../s1. The van der Waals surface area contributed by atoms with E-state index in [-0.39, 0.29) is 8.90 Å². The van der Waals surface area contributed by atoms with Crippen molar-refractivity contribution in [2.24, 2.45) is 0 Å². The minimum atomic E-state index is -0.469. The Labute approximate surface area is 164 Å².